The lowest BCUT2D eigenvalue weighted by Crippen LogP contribution is -2.65. The Morgan fingerprint density at radius 3 is 2.41 bits per heavy atom. The lowest BCUT2D eigenvalue weighted by Gasteiger charge is -2.47. The van der Waals surface area contributed by atoms with Gasteiger partial charge in [0.15, 0.2) is 6.29 Å². The number of carbonyl (C=O) groups excluding carboxylic acids is 1. The number of aliphatic hydroxyl groups is 5. The summed E-state index contributed by atoms with van der Waals surface area (Å²) in [5.41, 5.74) is 0. The van der Waals surface area contributed by atoms with Crippen molar-refractivity contribution < 1.29 is 54.0 Å². The van der Waals surface area contributed by atoms with Crippen molar-refractivity contribution in [3.8, 4) is 0 Å². The lowest BCUT2D eigenvalue weighted by atomic mass is 9.92. The molecule has 0 aromatic heterocycles. The van der Waals surface area contributed by atoms with E-state index in [4.69, 9.17) is 23.7 Å². The van der Waals surface area contributed by atoms with Gasteiger partial charge in [0, 0.05) is 26.7 Å². The Bertz CT molecular complexity index is 594. The van der Waals surface area contributed by atoms with Crippen molar-refractivity contribution >= 4 is 5.91 Å². The normalized spacial score (nSPS) is 42.7. The SMILES string of the molecule is CC(=O)NCCCO[C@H]1C2O[C@H]3[C@H](O)[C@@H](O)[C@@H](CCCO[C@@H]([C@@H]1O)[C@@H](CO)O2)O[C@@H]3CO. The van der Waals surface area contributed by atoms with Gasteiger partial charge in [0.25, 0.3) is 0 Å². The van der Waals surface area contributed by atoms with Crippen LogP contribution in [0.2, 0.25) is 0 Å². The van der Waals surface area contributed by atoms with E-state index in [1.165, 1.54) is 6.92 Å². The topological polar surface area (TPSA) is 176 Å². The van der Waals surface area contributed by atoms with Crippen LogP contribution in [0, 0.1) is 0 Å². The van der Waals surface area contributed by atoms with Crippen LogP contribution in [0.1, 0.15) is 26.2 Å². The average Bonchev–Trinajstić information content (AvgIpc) is 2.79. The Labute approximate surface area is 186 Å². The molecular formula is C20H35NO11. The first kappa shape index (κ1) is 25.7. The highest BCUT2D eigenvalue weighted by molar-refractivity contribution is 5.72. The fraction of sp³-hybridized carbons (Fsp3) is 0.950. The Kier molecular flexibility index (Phi) is 9.61. The van der Waals surface area contributed by atoms with Gasteiger partial charge in [-0.05, 0) is 19.3 Å². The number of rotatable bonds is 7. The first-order valence-corrected chi connectivity index (χ1v) is 11.1. The molecule has 6 aliphatic heterocycles. The van der Waals surface area contributed by atoms with Crippen LogP contribution in [0.4, 0.5) is 0 Å². The van der Waals surface area contributed by atoms with Crippen molar-refractivity contribution in [2.75, 3.05) is 33.0 Å². The first-order valence-electron chi connectivity index (χ1n) is 11.1. The predicted molar refractivity (Wildman–Crippen MR) is 106 cm³/mol. The number of carbonyl (C=O) groups is 1. The summed E-state index contributed by atoms with van der Waals surface area (Å²) >= 11 is 0. The molecule has 6 saturated heterocycles. The first-order chi connectivity index (χ1) is 15.4. The summed E-state index contributed by atoms with van der Waals surface area (Å²) in [6.45, 7) is 1.19. The molecule has 0 spiro atoms. The van der Waals surface area contributed by atoms with Gasteiger partial charge in [-0.2, -0.15) is 0 Å². The van der Waals surface area contributed by atoms with Gasteiger partial charge >= 0.3 is 0 Å². The molecule has 12 nitrogen and oxygen atoms in total. The molecular weight excluding hydrogens is 430 g/mol. The van der Waals surface area contributed by atoms with Crippen LogP contribution >= 0.6 is 0 Å². The number of nitrogens with one attached hydrogen (secondary N) is 1. The average molecular weight is 465 g/mol. The number of hydrogen-bond donors (Lipinski definition) is 6. The van der Waals surface area contributed by atoms with Crippen LogP contribution in [-0.2, 0) is 28.5 Å². The fourth-order valence-corrected chi connectivity index (χ4v) is 4.32. The molecule has 6 heterocycles. The van der Waals surface area contributed by atoms with E-state index in [9.17, 15) is 30.3 Å². The molecule has 4 bridgehead atoms. The van der Waals surface area contributed by atoms with Crippen molar-refractivity contribution in [3.05, 3.63) is 0 Å². The maximum absolute atomic E-state index is 11.0. The minimum atomic E-state index is -1.38. The molecule has 0 saturated carbocycles. The van der Waals surface area contributed by atoms with Gasteiger partial charge in [-0.15, -0.1) is 0 Å². The molecule has 12 heteroatoms. The zero-order chi connectivity index (χ0) is 23.3. The summed E-state index contributed by atoms with van der Waals surface area (Å²) in [7, 11) is 0. The molecule has 0 aromatic carbocycles. The van der Waals surface area contributed by atoms with Crippen LogP contribution in [0.25, 0.3) is 0 Å². The van der Waals surface area contributed by atoms with Gasteiger partial charge in [-0.3, -0.25) is 4.79 Å². The van der Waals surface area contributed by atoms with E-state index < -0.39 is 74.4 Å². The highest BCUT2D eigenvalue weighted by Crippen LogP contribution is 2.33. The summed E-state index contributed by atoms with van der Waals surface area (Å²) in [5, 5.41) is 54.4. The zero-order valence-electron chi connectivity index (χ0n) is 18.1. The quantitative estimate of drug-likeness (QED) is 0.212. The van der Waals surface area contributed by atoms with Crippen molar-refractivity contribution in [1.29, 1.82) is 0 Å². The van der Waals surface area contributed by atoms with E-state index >= 15 is 0 Å². The van der Waals surface area contributed by atoms with Gasteiger partial charge < -0.3 is 54.5 Å². The molecule has 0 aromatic rings. The molecule has 1 amide bonds. The molecule has 6 N–H and O–H groups in total. The standard InChI is InChI=1S/C20H35NO11/c1-10(24)21-5-3-7-29-19-16(27)17-12(8-22)31-20(19)32-18-13(9-23)30-11(4-2-6-28-17)14(25)15(18)26/h11-20,22-23,25-27H,2-9H2,1H3,(H,21,24)/t11-,12-,13-,14+,15-,16+,17-,18-,19-,20?/m1/s1. The molecule has 0 aliphatic carbocycles. The number of amides is 1. The second kappa shape index (κ2) is 12.0. The predicted octanol–water partition coefficient (Wildman–Crippen LogP) is -2.98. The lowest BCUT2D eigenvalue weighted by molar-refractivity contribution is -0.348. The maximum Gasteiger partial charge on any atom is 0.216 e. The molecule has 32 heavy (non-hydrogen) atoms. The van der Waals surface area contributed by atoms with Gasteiger partial charge in [0.05, 0.1) is 19.3 Å². The molecule has 6 rings (SSSR count). The van der Waals surface area contributed by atoms with Gasteiger partial charge in [-0.1, -0.05) is 0 Å². The minimum Gasteiger partial charge on any atom is -0.394 e. The molecule has 1 unspecified atom stereocenters. The minimum absolute atomic E-state index is 0.152. The van der Waals surface area contributed by atoms with E-state index in [0.717, 1.165) is 0 Å². The number of ether oxygens (including phenoxy) is 5. The van der Waals surface area contributed by atoms with E-state index in [1.54, 1.807) is 0 Å². The number of aliphatic hydroxyl groups excluding tert-OH is 5. The van der Waals surface area contributed by atoms with Gasteiger partial charge in [0.1, 0.15) is 48.8 Å². The highest BCUT2D eigenvalue weighted by Gasteiger charge is 2.52. The van der Waals surface area contributed by atoms with Crippen molar-refractivity contribution in [1.82, 2.24) is 5.32 Å². The van der Waals surface area contributed by atoms with Crippen LogP contribution < -0.4 is 5.32 Å². The van der Waals surface area contributed by atoms with E-state index in [1.807, 2.05) is 0 Å². The van der Waals surface area contributed by atoms with Crippen LogP contribution in [0.3, 0.4) is 0 Å². The largest absolute Gasteiger partial charge is 0.394 e. The Balaban J connectivity index is 1.80. The Morgan fingerprint density at radius 2 is 1.72 bits per heavy atom. The van der Waals surface area contributed by atoms with E-state index in [-0.39, 0.29) is 19.1 Å². The molecule has 10 atom stereocenters. The van der Waals surface area contributed by atoms with Crippen LogP contribution in [0.5, 0.6) is 0 Å². The Hall–Kier alpha value is -0.930. The summed E-state index contributed by atoms with van der Waals surface area (Å²) in [4.78, 5) is 11.0. The third-order valence-corrected chi connectivity index (χ3v) is 6.00. The molecule has 6 fully saturated rings. The van der Waals surface area contributed by atoms with E-state index in [2.05, 4.69) is 5.32 Å². The summed E-state index contributed by atoms with van der Waals surface area (Å²) < 4.78 is 29.1. The van der Waals surface area contributed by atoms with Crippen molar-refractivity contribution in [3.63, 3.8) is 0 Å². The third kappa shape index (κ3) is 5.95. The third-order valence-electron chi connectivity index (χ3n) is 6.00. The molecule has 0 radical (unpaired) electrons. The van der Waals surface area contributed by atoms with E-state index in [0.29, 0.717) is 25.8 Å². The van der Waals surface area contributed by atoms with Gasteiger partial charge in [-0.25, -0.2) is 0 Å². The monoisotopic (exact) mass is 465 g/mol. The maximum atomic E-state index is 11.0. The second-order valence-corrected chi connectivity index (χ2v) is 8.34. The summed E-state index contributed by atoms with van der Waals surface area (Å²) in [6, 6.07) is 0. The smallest absolute Gasteiger partial charge is 0.216 e. The van der Waals surface area contributed by atoms with Crippen molar-refractivity contribution in [2.24, 2.45) is 0 Å². The summed E-state index contributed by atoms with van der Waals surface area (Å²) in [5.74, 6) is -0.171. The molecule has 6 aliphatic rings. The molecule has 186 valence electrons. The van der Waals surface area contributed by atoms with Crippen molar-refractivity contribution in [2.45, 2.75) is 87.4 Å². The van der Waals surface area contributed by atoms with Crippen LogP contribution in [-0.4, -0.2) is 126 Å². The van der Waals surface area contributed by atoms with Crippen LogP contribution in [0.15, 0.2) is 0 Å². The fourth-order valence-electron chi connectivity index (χ4n) is 4.32. The second-order valence-electron chi connectivity index (χ2n) is 8.34. The zero-order valence-corrected chi connectivity index (χ0v) is 18.1. The Morgan fingerprint density at radius 1 is 1.00 bits per heavy atom. The summed E-state index contributed by atoms with van der Waals surface area (Å²) in [6.07, 6.45) is -9.53. The van der Waals surface area contributed by atoms with Gasteiger partial charge in [0.2, 0.25) is 5.91 Å². The highest BCUT2D eigenvalue weighted by atomic mass is 16.7. The number of hydrogen-bond acceptors (Lipinski definition) is 11.